The van der Waals surface area contributed by atoms with Gasteiger partial charge in [0, 0.05) is 20.3 Å². The summed E-state index contributed by atoms with van der Waals surface area (Å²) >= 11 is 0. The molecule has 0 radical (unpaired) electrons. The van der Waals surface area contributed by atoms with E-state index < -0.39 is 0 Å². The van der Waals surface area contributed by atoms with Crippen molar-refractivity contribution in [1.29, 1.82) is 0 Å². The van der Waals surface area contributed by atoms with E-state index in [-0.39, 0.29) is 5.60 Å². The first-order valence-corrected chi connectivity index (χ1v) is 7.24. The van der Waals surface area contributed by atoms with Crippen LogP contribution < -0.4 is 5.32 Å². The van der Waals surface area contributed by atoms with Gasteiger partial charge >= 0.3 is 0 Å². The van der Waals surface area contributed by atoms with Gasteiger partial charge in [-0.3, -0.25) is 0 Å². The average molecular weight is 259 g/mol. The maximum atomic E-state index is 6.07. The lowest BCUT2D eigenvalue weighted by Crippen LogP contribution is -2.43. The van der Waals surface area contributed by atoms with E-state index >= 15 is 0 Å². The fourth-order valence-corrected chi connectivity index (χ4v) is 2.22. The molecule has 0 atom stereocenters. The molecular formula is C14H29NO3. The maximum absolute atomic E-state index is 6.07. The molecule has 0 amide bonds. The molecule has 1 saturated carbocycles. The van der Waals surface area contributed by atoms with Gasteiger partial charge in [0.2, 0.25) is 0 Å². The SMILES string of the molecule is CCNCCC1(OCCCOCCOC)CCC1. The Morgan fingerprint density at radius 1 is 1.11 bits per heavy atom. The van der Waals surface area contributed by atoms with Crippen molar-refractivity contribution < 1.29 is 14.2 Å². The highest BCUT2D eigenvalue weighted by Crippen LogP contribution is 2.38. The zero-order chi connectivity index (χ0) is 13.1. The fourth-order valence-electron chi connectivity index (χ4n) is 2.22. The Morgan fingerprint density at radius 2 is 1.94 bits per heavy atom. The van der Waals surface area contributed by atoms with Gasteiger partial charge in [-0.15, -0.1) is 0 Å². The van der Waals surface area contributed by atoms with Crippen molar-refractivity contribution in [3.8, 4) is 0 Å². The van der Waals surface area contributed by atoms with Crippen LogP contribution in [-0.2, 0) is 14.2 Å². The summed E-state index contributed by atoms with van der Waals surface area (Å²) in [5.74, 6) is 0. The molecule has 0 aromatic rings. The standard InChI is InChI=1S/C14H29NO3/c1-3-15-9-8-14(6-4-7-14)18-11-5-10-17-13-12-16-2/h15H,3-13H2,1-2H3. The highest BCUT2D eigenvalue weighted by Gasteiger charge is 2.37. The first kappa shape index (κ1) is 15.9. The van der Waals surface area contributed by atoms with Crippen LogP contribution in [0.5, 0.6) is 0 Å². The van der Waals surface area contributed by atoms with Crippen molar-refractivity contribution in [2.75, 3.05) is 46.6 Å². The van der Waals surface area contributed by atoms with Crippen molar-refractivity contribution in [3.63, 3.8) is 0 Å². The van der Waals surface area contributed by atoms with Gasteiger partial charge in [0.1, 0.15) is 0 Å². The van der Waals surface area contributed by atoms with E-state index in [1.165, 1.54) is 19.3 Å². The molecule has 0 saturated heterocycles. The third-order valence-corrected chi connectivity index (χ3v) is 3.55. The predicted octanol–water partition coefficient (Wildman–Crippen LogP) is 1.98. The molecule has 108 valence electrons. The monoisotopic (exact) mass is 259 g/mol. The topological polar surface area (TPSA) is 39.7 Å². The Hall–Kier alpha value is -0.160. The lowest BCUT2D eigenvalue weighted by molar-refractivity contribution is -0.108. The Balaban J connectivity index is 1.98. The van der Waals surface area contributed by atoms with Crippen LogP contribution in [0.1, 0.15) is 39.0 Å². The second-order valence-corrected chi connectivity index (χ2v) is 4.95. The summed E-state index contributed by atoms with van der Waals surface area (Å²) in [6.45, 7) is 7.21. The molecular weight excluding hydrogens is 230 g/mol. The highest BCUT2D eigenvalue weighted by molar-refractivity contribution is 4.90. The van der Waals surface area contributed by atoms with E-state index in [4.69, 9.17) is 14.2 Å². The summed E-state index contributed by atoms with van der Waals surface area (Å²) in [7, 11) is 1.69. The summed E-state index contributed by atoms with van der Waals surface area (Å²) in [6, 6.07) is 0. The van der Waals surface area contributed by atoms with Gasteiger partial charge in [0.25, 0.3) is 0 Å². The maximum Gasteiger partial charge on any atom is 0.0700 e. The minimum absolute atomic E-state index is 0.175. The van der Waals surface area contributed by atoms with E-state index in [0.717, 1.165) is 39.1 Å². The molecule has 4 heteroatoms. The zero-order valence-corrected chi connectivity index (χ0v) is 12.0. The van der Waals surface area contributed by atoms with Gasteiger partial charge in [-0.25, -0.2) is 0 Å². The van der Waals surface area contributed by atoms with Gasteiger partial charge in [-0.05, 0) is 45.2 Å². The summed E-state index contributed by atoms with van der Waals surface area (Å²) in [4.78, 5) is 0. The van der Waals surface area contributed by atoms with Crippen LogP contribution in [0.15, 0.2) is 0 Å². The van der Waals surface area contributed by atoms with Crippen LogP contribution in [0.3, 0.4) is 0 Å². The Morgan fingerprint density at radius 3 is 2.56 bits per heavy atom. The molecule has 0 aromatic carbocycles. The predicted molar refractivity (Wildman–Crippen MR) is 73.0 cm³/mol. The molecule has 0 spiro atoms. The second kappa shape index (κ2) is 9.73. The highest BCUT2D eigenvalue weighted by atomic mass is 16.5. The third-order valence-electron chi connectivity index (χ3n) is 3.55. The van der Waals surface area contributed by atoms with Crippen molar-refractivity contribution in [1.82, 2.24) is 5.32 Å². The molecule has 1 aliphatic rings. The summed E-state index contributed by atoms with van der Waals surface area (Å²) in [6.07, 6.45) is 5.89. The van der Waals surface area contributed by atoms with Crippen LogP contribution in [0.25, 0.3) is 0 Å². The van der Waals surface area contributed by atoms with Crippen LogP contribution in [0.4, 0.5) is 0 Å². The van der Waals surface area contributed by atoms with Crippen molar-refractivity contribution in [3.05, 3.63) is 0 Å². The molecule has 4 nitrogen and oxygen atoms in total. The van der Waals surface area contributed by atoms with Gasteiger partial charge in [0.05, 0.1) is 18.8 Å². The molecule has 0 aromatic heterocycles. The molecule has 1 rings (SSSR count). The minimum Gasteiger partial charge on any atom is -0.382 e. The first-order valence-electron chi connectivity index (χ1n) is 7.24. The quantitative estimate of drug-likeness (QED) is 0.544. The molecule has 0 heterocycles. The van der Waals surface area contributed by atoms with Crippen molar-refractivity contribution in [2.24, 2.45) is 0 Å². The summed E-state index contributed by atoms with van der Waals surface area (Å²) in [5, 5.41) is 3.38. The molecule has 18 heavy (non-hydrogen) atoms. The molecule has 1 N–H and O–H groups in total. The zero-order valence-electron chi connectivity index (χ0n) is 12.0. The normalized spacial score (nSPS) is 17.7. The first-order chi connectivity index (χ1) is 8.83. The Bertz CT molecular complexity index is 195. The lowest BCUT2D eigenvalue weighted by Gasteiger charge is -2.42. The van der Waals surface area contributed by atoms with E-state index in [1.54, 1.807) is 7.11 Å². The van der Waals surface area contributed by atoms with Gasteiger partial charge < -0.3 is 19.5 Å². The Labute approximate surface area is 111 Å². The van der Waals surface area contributed by atoms with Gasteiger partial charge in [-0.2, -0.15) is 0 Å². The molecule has 0 bridgehead atoms. The third kappa shape index (κ3) is 6.14. The second-order valence-electron chi connectivity index (χ2n) is 4.95. The average Bonchev–Trinajstić information content (AvgIpc) is 2.34. The van der Waals surface area contributed by atoms with Crippen molar-refractivity contribution in [2.45, 2.75) is 44.6 Å². The summed E-state index contributed by atoms with van der Waals surface area (Å²) < 4.78 is 16.4. The summed E-state index contributed by atoms with van der Waals surface area (Å²) in [5.41, 5.74) is 0.175. The number of hydrogen-bond acceptors (Lipinski definition) is 4. The number of rotatable bonds is 12. The number of nitrogens with one attached hydrogen (secondary N) is 1. The fraction of sp³-hybridized carbons (Fsp3) is 1.00. The van der Waals surface area contributed by atoms with E-state index in [2.05, 4.69) is 12.2 Å². The van der Waals surface area contributed by atoms with Crippen LogP contribution in [0, 0.1) is 0 Å². The number of methoxy groups -OCH3 is 1. The van der Waals surface area contributed by atoms with Crippen LogP contribution >= 0.6 is 0 Å². The molecule has 0 aliphatic heterocycles. The lowest BCUT2D eigenvalue weighted by atomic mass is 9.77. The van der Waals surface area contributed by atoms with Gasteiger partial charge in [0.15, 0.2) is 0 Å². The minimum atomic E-state index is 0.175. The van der Waals surface area contributed by atoms with Crippen molar-refractivity contribution >= 4 is 0 Å². The van der Waals surface area contributed by atoms with E-state index in [0.29, 0.717) is 13.2 Å². The molecule has 1 fully saturated rings. The van der Waals surface area contributed by atoms with Gasteiger partial charge in [-0.1, -0.05) is 6.92 Å². The smallest absolute Gasteiger partial charge is 0.0700 e. The molecule has 0 unspecified atom stereocenters. The largest absolute Gasteiger partial charge is 0.382 e. The Kier molecular flexibility index (Phi) is 8.59. The van der Waals surface area contributed by atoms with Crippen LogP contribution in [0.2, 0.25) is 0 Å². The van der Waals surface area contributed by atoms with Crippen LogP contribution in [-0.4, -0.2) is 52.2 Å². The number of ether oxygens (including phenoxy) is 3. The van der Waals surface area contributed by atoms with E-state index in [1.807, 2.05) is 0 Å². The van der Waals surface area contributed by atoms with E-state index in [9.17, 15) is 0 Å². The number of hydrogen-bond donors (Lipinski definition) is 1. The molecule has 1 aliphatic carbocycles.